The van der Waals surface area contributed by atoms with Gasteiger partial charge in [0.05, 0.1) is 5.69 Å². The van der Waals surface area contributed by atoms with E-state index in [0.717, 1.165) is 4.47 Å². The highest BCUT2D eigenvalue weighted by molar-refractivity contribution is 9.10. The molecule has 2 rings (SSSR count). The average Bonchev–Trinajstić information content (AvgIpc) is 2.17. The molecule has 1 aliphatic rings. The Bertz CT molecular complexity index is 551. The number of nitrogens with zero attached hydrogens (tertiary/aromatic N) is 2. The summed E-state index contributed by atoms with van der Waals surface area (Å²) in [6.45, 7) is 1.67. The van der Waals surface area contributed by atoms with Gasteiger partial charge in [-0.25, -0.2) is 13.4 Å². The molecule has 80 valence electrons. The van der Waals surface area contributed by atoms with E-state index < -0.39 is 10.0 Å². The second kappa shape index (κ2) is 3.31. The van der Waals surface area contributed by atoms with Gasteiger partial charge in [0.2, 0.25) is 0 Å². The largest absolute Gasteiger partial charge is 0.267 e. The van der Waals surface area contributed by atoms with Gasteiger partial charge in [-0.2, -0.15) is 0 Å². The predicted molar refractivity (Wildman–Crippen MR) is 61.9 cm³/mol. The molecule has 0 saturated carbocycles. The highest BCUT2D eigenvalue weighted by Crippen LogP contribution is 2.33. The Kier molecular flexibility index (Phi) is 2.35. The van der Waals surface area contributed by atoms with Crippen LogP contribution in [0, 0.1) is 0 Å². The van der Waals surface area contributed by atoms with Crippen LogP contribution in [0.15, 0.2) is 32.6 Å². The summed E-state index contributed by atoms with van der Waals surface area (Å²) in [6, 6.07) is 5.03. The Hall–Kier alpha value is -0.880. The lowest BCUT2D eigenvalue weighted by Crippen LogP contribution is -2.33. The second-order valence-corrected chi connectivity index (χ2v) is 6.10. The maximum Gasteiger partial charge on any atom is 0.267 e. The van der Waals surface area contributed by atoms with Gasteiger partial charge < -0.3 is 0 Å². The zero-order chi connectivity index (χ0) is 11.2. The van der Waals surface area contributed by atoms with E-state index in [1.165, 1.54) is 11.4 Å². The molecule has 0 fully saturated rings. The monoisotopic (exact) mass is 288 g/mol. The molecule has 1 heterocycles. The highest BCUT2D eigenvalue weighted by Gasteiger charge is 2.29. The van der Waals surface area contributed by atoms with Crippen LogP contribution in [0.25, 0.3) is 0 Å². The van der Waals surface area contributed by atoms with Gasteiger partial charge >= 0.3 is 0 Å². The van der Waals surface area contributed by atoms with E-state index in [2.05, 4.69) is 20.9 Å². The minimum Gasteiger partial charge on any atom is -0.257 e. The SMILES string of the molecule is CC1=Nc2ccc(Br)cc2S(=O)(=O)N1C. The fourth-order valence-corrected chi connectivity index (χ4v) is 3.20. The zero-order valence-electron chi connectivity index (χ0n) is 8.23. The standard InChI is InChI=1S/C9H9BrN2O2S/c1-6-11-8-4-3-7(10)5-9(8)15(13,14)12(6)2/h3-5H,1-2H3. The van der Waals surface area contributed by atoms with Gasteiger partial charge in [-0.1, -0.05) is 15.9 Å². The van der Waals surface area contributed by atoms with Crippen molar-refractivity contribution in [1.29, 1.82) is 0 Å². The van der Waals surface area contributed by atoms with E-state index >= 15 is 0 Å². The van der Waals surface area contributed by atoms with E-state index in [0.29, 0.717) is 11.5 Å². The summed E-state index contributed by atoms with van der Waals surface area (Å²) >= 11 is 3.25. The van der Waals surface area contributed by atoms with Crippen LogP contribution in [0.1, 0.15) is 6.92 Å². The molecule has 0 atom stereocenters. The number of hydrogen-bond donors (Lipinski definition) is 0. The van der Waals surface area contributed by atoms with Gasteiger partial charge in [-0.3, -0.25) is 4.31 Å². The molecule has 0 spiro atoms. The van der Waals surface area contributed by atoms with Gasteiger partial charge in [0.25, 0.3) is 10.0 Å². The van der Waals surface area contributed by atoms with Crippen molar-refractivity contribution >= 4 is 37.5 Å². The first-order valence-electron chi connectivity index (χ1n) is 4.27. The van der Waals surface area contributed by atoms with E-state index in [1.807, 2.05) is 0 Å². The first-order valence-corrected chi connectivity index (χ1v) is 6.50. The fraction of sp³-hybridized carbons (Fsp3) is 0.222. The highest BCUT2D eigenvalue weighted by atomic mass is 79.9. The lowest BCUT2D eigenvalue weighted by Gasteiger charge is -2.24. The fourth-order valence-electron chi connectivity index (χ4n) is 1.35. The molecular weight excluding hydrogens is 280 g/mol. The summed E-state index contributed by atoms with van der Waals surface area (Å²) in [4.78, 5) is 4.45. The Morgan fingerprint density at radius 3 is 2.73 bits per heavy atom. The van der Waals surface area contributed by atoms with Crippen LogP contribution in [0.4, 0.5) is 5.69 Å². The van der Waals surface area contributed by atoms with Crippen molar-refractivity contribution in [2.24, 2.45) is 4.99 Å². The number of amidine groups is 1. The van der Waals surface area contributed by atoms with Crippen molar-refractivity contribution in [1.82, 2.24) is 4.31 Å². The summed E-state index contributed by atoms with van der Waals surface area (Å²) in [7, 11) is -1.92. The Morgan fingerprint density at radius 2 is 2.07 bits per heavy atom. The third-order valence-corrected chi connectivity index (χ3v) is 4.66. The molecule has 0 saturated heterocycles. The molecule has 15 heavy (non-hydrogen) atoms. The van der Waals surface area contributed by atoms with Crippen LogP contribution in [0.3, 0.4) is 0 Å². The average molecular weight is 289 g/mol. The number of hydrogen-bond acceptors (Lipinski definition) is 3. The molecular formula is C9H9BrN2O2S. The third-order valence-electron chi connectivity index (χ3n) is 2.30. The smallest absolute Gasteiger partial charge is 0.257 e. The van der Waals surface area contributed by atoms with Crippen molar-refractivity contribution in [2.45, 2.75) is 11.8 Å². The van der Waals surface area contributed by atoms with E-state index in [1.54, 1.807) is 25.1 Å². The van der Waals surface area contributed by atoms with Crippen LogP contribution >= 0.6 is 15.9 Å². The Labute approximate surface area is 96.8 Å². The van der Waals surface area contributed by atoms with Crippen LogP contribution in [-0.2, 0) is 10.0 Å². The normalized spacial score (nSPS) is 18.3. The number of halogens is 1. The summed E-state index contributed by atoms with van der Waals surface area (Å²) in [5, 5.41) is 0. The van der Waals surface area contributed by atoms with E-state index in [9.17, 15) is 8.42 Å². The van der Waals surface area contributed by atoms with Gasteiger partial charge in [0.15, 0.2) is 0 Å². The maximum absolute atomic E-state index is 12.0. The Balaban J connectivity index is 2.79. The predicted octanol–water partition coefficient (Wildman–Crippen LogP) is 2.13. The van der Waals surface area contributed by atoms with Gasteiger partial charge in [0, 0.05) is 11.5 Å². The molecule has 0 radical (unpaired) electrons. The first-order chi connectivity index (χ1) is 6.93. The molecule has 0 bridgehead atoms. The van der Waals surface area contributed by atoms with Crippen molar-refractivity contribution in [3.8, 4) is 0 Å². The summed E-state index contributed by atoms with van der Waals surface area (Å²) in [5.41, 5.74) is 0.494. The maximum atomic E-state index is 12.0. The van der Waals surface area contributed by atoms with Crippen LogP contribution in [0.2, 0.25) is 0 Å². The summed E-state index contributed by atoms with van der Waals surface area (Å²) in [6.07, 6.45) is 0. The molecule has 4 nitrogen and oxygen atoms in total. The first kappa shape index (κ1) is 10.6. The van der Waals surface area contributed by atoms with Crippen molar-refractivity contribution in [3.05, 3.63) is 22.7 Å². The van der Waals surface area contributed by atoms with Gasteiger partial charge in [0.1, 0.15) is 10.7 Å². The number of sulfonamides is 1. The topological polar surface area (TPSA) is 49.7 Å². The quantitative estimate of drug-likeness (QED) is 0.734. The minimum atomic E-state index is -3.42. The van der Waals surface area contributed by atoms with E-state index in [-0.39, 0.29) is 4.90 Å². The molecule has 0 N–H and O–H groups in total. The Morgan fingerprint density at radius 1 is 1.40 bits per heavy atom. The molecule has 0 unspecified atom stereocenters. The van der Waals surface area contributed by atoms with Crippen LogP contribution in [-0.4, -0.2) is 25.6 Å². The molecule has 1 aromatic carbocycles. The van der Waals surface area contributed by atoms with E-state index in [4.69, 9.17) is 0 Å². The van der Waals surface area contributed by atoms with Gasteiger partial charge in [-0.15, -0.1) is 0 Å². The lowest BCUT2D eigenvalue weighted by atomic mass is 10.3. The second-order valence-electron chi connectivity index (χ2n) is 3.24. The van der Waals surface area contributed by atoms with Crippen molar-refractivity contribution < 1.29 is 8.42 Å². The minimum absolute atomic E-state index is 0.241. The summed E-state index contributed by atoms with van der Waals surface area (Å²) in [5.74, 6) is 0.477. The molecule has 1 aliphatic heterocycles. The van der Waals surface area contributed by atoms with Crippen LogP contribution < -0.4 is 0 Å². The van der Waals surface area contributed by atoms with Crippen molar-refractivity contribution in [2.75, 3.05) is 7.05 Å². The number of benzene rings is 1. The number of fused-ring (bicyclic) bond motifs is 1. The number of rotatable bonds is 0. The molecule has 6 heteroatoms. The molecule has 0 aromatic heterocycles. The molecule has 0 amide bonds. The lowest BCUT2D eigenvalue weighted by molar-refractivity contribution is 0.549. The number of aliphatic imine (C=N–C) groups is 1. The third kappa shape index (κ3) is 1.57. The molecule has 0 aliphatic carbocycles. The summed E-state index contributed by atoms with van der Waals surface area (Å²) < 4.78 is 25.9. The van der Waals surface area contributed by atoms with Gasteiger partial charge in [-0.05, 0) is 25.1 Å². The van der Waals surface area contributed by atoms with Crippen LogP contribution in [0.5, 0.6) is 0 Å². The zero-order valence-corrected chi connectivity index (χ0v) is 10.6. The van der Waals surface area contributed by atoms with Crippen molar-refractivity contribution in [3.63, 3.8) is 0 Å². The molecule has 1 aromatic rings.